The Morgan fingerprint density at radius 1 is 1.31 bits per heavy atom. The zero-order valence-corrected chi connectivity index (χ0v) is 15.2. The fourth-order valence-electron chi connectivity index (χ4n) is 3.43. The highest BCUT2D eigenvalue weighted by molar-refractivity contribution is 5.83. The summed E-state index contributed by atoms with van der Waals surface area (Å²) in [5.41, 5.74) is 2.73. The van der Waals surface area contributed by atoms with E-state index in [0.29, 0.717) is 0 Å². The second-order valence-electron chi connectivity index (χ2n) is 7.51. The van der Waals surface area contributed by atoms with E-state index in [2.05, 4.69) is 29.6 Å². The molecule has 0 fully saturated rings. The van der Waals surface area contributed by atoms with Gasteiger partial charge in [0.05, 0.1) is 30.2 Å². The molecule has 2 aromatic rings. The molecule has 2 amide bonds. The van der Waals surface area contributed by atoms with Crippen LogP contribution >= 0.6 is 0 Å². The van der Waals surface area contributed by atoms with E-state index < -0.39 is 0 Å². The van der Waals surface area contributed by atoms with Gasteiger partial charge in [0.15, 0.2) is 0 Å². The number of nitrogens with one attached hydrogen (secondary N) is 2. The van der Waals surface area contributed by atoms with Gasteiger partial charge in [-0.05, 0) is 42.5 Å². The number of hydrogen-bond donors (Lipinski definition) is 2. The van der Waals surface area contributed by atoms with Crippen molar-refractivity contribution >= 4 is 11.8 Å². The lowest BCUT2D eigenvalue weighted by molar-refractivity contribution is -0.125. The van der Waals surface area contributed by atoms with Crippen molar-refractivity contribution in [2.75, 3.05) is 6.54 Å². The number of carbonyl (C=O) groups excluding carboxylic acids is 2. The van der Waals surface area contributed by atoms with Crippen LogP contribution in [0.4, 0.5) is 4.39 Å². The third kappa shape index (κ3) is 3.92. The van der Waals surface area contributed by atoms with E-state index in [1.807, 2.05) is 4.68 Å². The fourth-order valence-corrected chi connectivity index (χ4v) is 3.43. The largest absolute Gasteiger partial charge is 0.348 e. The average molecular weight is 358 g/mol. The Balaban J connectivity index is 1.88. The van der Waals surface area contributed by atoms with Gasteiger partial charge in [0.25, 0.3) is 0 Å². The summed E-state index contributed by atoms with van der Waals surface area (Å²) < 4.78 is 15.0. The summed E-state index contributed by atoms with van der Waals surface area (Å²) in [6.45, 7) is 5.62. The first kappa shape index (κ1) is 18.1. The topological polar surface area (TPSA) is 76.0 Å². The third-order valence-electron chi connectivity index (χ3n) is 4.58. The fraction of sp³-hybridized carbons (Fsp3) is 0.421. The van der Waals surface area contributed by atoms with E-state index in [1.54, 1.807) is 18.3 Å². The smallest absolute Gasteiger partial charge is 0.239 e. The van der Waals surface area contributed by atoms with Crippen LogP contribution in [0.15, 0.2) is 30.5 Å². The van der Waals surface area contributed by atoms with Gasteiger partial charge in [-0.1, -0.05) is 13.8 Å². The maximum Gasteiger partial charge on any atom is 0.239 e. The Hall–Kier alpha value is -2.70. The third-order valence-corrected chi connectivity index (χ3v) is 4.58. The molecule has 1 aliphatic rings. The Morgan fingerprint density at radius 2 is 2.00 bits per heavy atom. The second kappa shape index (κ2) is 6.90. The molecule has 26 heavy (non-hydrogen) atoms. The van der Waals surface area contributed by atoms with Crippen molar-refractivity contribution in [2.24, 2.45) is 5.41 Å². The van der Waals surface area contributed by atoms with Gasteiger partial charge in [-0.2, -0.15) is 5.10 Å². The van der Waals surface area contributed by atoms with Gasteiger partial charge in [0, 0.05) is 12.5 Å². The first-order valence-electron chi connectivity index (χ1n) is 8.62. The Labute approximate surface area is 151 Å². The zero-order valence-electron chi connectivity index (χ0n) is 15.2. The van der Waals surface area contributed by atoms with E-state index in [9.17, 15) is 14.0 Å². The molecule has 1 heterocycles. The molecular weight excluding hydrogens is 335 g/mol. The Morgan fingerprint density at radius 3 is 2.65 bits per heavy atom. The van der Waals surface area contributed by atoms with Gasteiger partial charge in [-0.3, -0.25) is 9.59 Å². The first-order valence-corrected chi connectivity index (χ1v) is 8.62. The molecule has 0 bridgehead atoms. The lowest BCUT2D eigenvalue weighted by atomic mass is 9.74. The maximum absolute atomic E-state index is 13.2. The number of amides is 2. The molecule has 0 saturated carbocycles. The molecule has 7 heteroatoms. The summed E-state index contributed by atoms with van der Waals surface area (Å²) >= 11 is 0. The van der Waals surface area contributed by atoms with Crippen LogP contribution in [0, 0.1) is 11.2 Å². The van der Waals surface area contributed by atoms with Crippen LogP contribution in [0.25, 0.3) is 5.69 Å². The number of halogens is 1. The minimum Gasteiger partial charge on any atom is -0.348 e. The van der Waals surface area contributed by atoms with Gasteiger partial charge in [-0.25, -0.2) is 9.07 Å². The number of fused-ring (bicyclic) bond motifs is 1. The van der Waals surface area contributed by atoms with Crippen molar-refractivity contribution in [2.45, 2.75) is 39.7 Å². The highest BCUT2D eigenvalue weighted by atomic mass is 19.1. The minimum absolute atomic E-state index is 0.0310. The van der Waals surface area contributed by atoms with E-state index >= 15 is 0 Å². The highest BCUT2D eigenvalue weighted by Gasteiger charge is 2.36. The van der Waals surface area contributed by atoms with Gasteiger partial charge in [0.2, 0.25) is 11.8 Å². The lowest BCUT2D eigenvalue weighted by Gasteiger charge is -2.36. The molecule has 1 aromatic heterocycles. The molecule has 0 saturated heterocycles. The van der Waals surface area contributed by atoms with Crippen molar-refractivity contribution in [3.05, 3.63) is 47.5 Å². The van der Waals surface area contributed by atoms with Gasteiger partial charge < -0.3 is 10.6 Å². The van der Waals surface area contributed by atoms with E-state index in [1.165, 1.54) is 19.1 Å². The van der Waals surface area contributed by atoms with E-state index in [-0.39, 0.29) is 35.6 Å². The molecular formula is C19H23FN4O2. The number of rotatable bonds is 4. The van der Waals surface area contributed by atoms with Crippen molar-refractivity contribution in [1.82, 2.24) is 20.4 Å². The molecule has 1 aromatic carbocycles. The Kier molecular flexibility index (Phi) is 4.80. The number of nitrogens with zero attached hydrogens (tertiary/aromatic N) is 2. The second-order valence-corrected chi connectivity index (χ2v) is 7.51. The molecule has 0 spiro atoms. The summed E-state index contributed by atoms with van der Waals surface area (Å²) in [4.78, 5) is 23.2. The molecule has 3 rings (SSSR count). The van der Waals surface area contributed by atoms with Gasteiger partial charge >= 0.3 is 0 Å². The maximum atomic E-state index is 13.2. The quantitative estimate of drug-likeness (QED) is 0.880. The number of aromatic nitrogens is 2. The number of hydrogen-bond acceptors (Lipinski definition) is 3. The van der Waals surface area contributed by atoms with E-state index in [0.717, 1.165) is 29.8 Å². The average Bonchev–Trinajstić information content (AvgIpc) is 2.96. The summed E-state index contributed by atoms with van der Waals surface area (Å²) in [5.74, 6) is -0.768. The van der Waals surface area contributed by atoms with Crippen LogP contribution in [0.3, 0.4) is 0 Å². The number of carbonyl (C=O) groups is 2. The van der Waals surface area contributed by atoms with Crippen molar-refractivity contribution in [3.63, 3.8) is 0 Å². The van der Waals surface area contributed by atoms with Gasteiger partial charge in [0.1, 0.15) is 5.82 Å². The molecule has 2 N–H and O–H groups in total. The standard InChI is InChI=1S/C19H23FN4O2/c1-12(25)21-11-18(26)23-16-8-19(2,3)9-17-15(16)10-22-24(17)14-6-4-13(20)5-7-14/h4-7,10,16H,8-9,11H2,1-3H3,(H,21,25)(H,23,26)/t16-/m0/s1. The number of benzene rings is 1. The molecule has 0 aliphatic heterocycles. The van der Waals surface area contributed by atoms with E-state index in [4.69, 9.17) is 0 Å². The molecule has 0 radical (unpaired) electrons. The minimum atomic E-state index is -0.293. The summed E-state index contributed by atoms with van der Waals surface area (Å²) in [7, 11) is 0. The molecule has 0 unspecified atom stereocenters. The molecule has 138 valence electrons. The monoisotopic (exact) mass is 358 g/mol. The highest BCUT2D eigenvalue weighted by Crippen LogP contribution is 2.41. The lowest BCUT2D eigenvalue weighted by Crippen LogP contribution is -2.41. The summed E-state index contributed by atoms with van der Waals surface area (Å²) in [6.07, 6.45) is 3.34. The first-order chi connectivity index (χ1) is 12.2. The van der Waals surface area contributed by atoms with Crippen LogP contribution in [0.5, 0.6) is 0 Å². The van der Waals surface area contributed by atoms with Crippen molar-refractivity contribution in [1.29, 1.82) is 0 Å². The van der Waals surface area contributed by atoms with Crippen LogP contribution < -0.4 is 10.6 Å². The van der Waals surface area contributed by atoms with Crippen LogP contribution in [-0.2, 0) is 16.0 Å². The predicted molar refractivity (Wildman–Crippen MR) is 95.2 cm³/mol. The molecule has 1 atom stereocenters. The van der Waals surface area contributed by atoms with Gasteiger partial charge in [-0.15, -0.1) is 0 Å². The van der Waals surface area contributed by atoms with Crippen LogP contribution in [0.1, 0.15) is 44.5 Å². The predicted octanol–water partition coefficient (Wildman–Crippen LogP) is 2.28. The molecule has 6 nitrogen and oxygen atoms in total. The molecule has 1 aliphatic carbocycles. The summed E-state index contributed by atoms with van der Waals surface area (Å²) in [5, 5.41) is 9.97. The SMILES string of the molecule is CC(=O)NCC(=O)N[C@H]1CC(C)(C)Cc2c1cnn2-c1ccc(F)cc1. The van der Waals surface area contributed by atoms with Crippen LogP contribution in [0.2, 0.25) is 0 Å². The van der Waals surface area contributed by atoms with Crippen molar-refractivity contribution in [3.8, 4) is 5.69 Å². The summed E-state index contributed by atoms with van der Waals surface area (Å²) in [6, 6.07) is 6.02. The zero-order chi connectivity index (χ0) is 18.9. The van der Waals surface area contributed by atoms with Crippen molar-refractivity contribution < 1.29 is 14.0 Å². The van der Waals surface area contributed by atoms with Crippen LogP contribution in [-0.4, -0.2) is 28.1 Å². The normalized spacial score (nSPS) is 18.1. The Bertz CT molecular complexity index is 827.